The second kappa shape index (κ2) is 22.9. The Morgan fingerprint density at radius 3 is 2.19 bits per heavy atom. The quantitative estimate of drug-likeness (QED) is 0.0291. The fraction of sp³-hybridized carbons (Fsp3) is 0.656. The third kappa shape index (κ3) is 16.5. The molecular weight excluding hydrogens is 711 g/mol. The van der Waals surface area contributed by atoms with E-state index in [2.05, 4.69) is 52.2 Å². The maximum atomic E-state index is 13.5. The molecule has 7 amide bonds. The van der Waals surface area contributed by atoms with Crippen molar-refractivity contribution in [2.45, 2.75) is 95.5 Å². The predicted octanol–water partition coefficient (Wildman–Crippen LogP) is -3.79. The van der Waals surface area contributed by atoms with Crippen molar-refractivity contribution >= 4 is 59.1 Å². The van der Waals surface area contributed by atoms with Crippen LogP contribution in [0, 0.1) is 5.92 Å². The number of carbonyl (C=O) groups excluding carboxylic acids is 7. The lowest BCUT2D eigenvalue weighted by Gasteiger charge is -2.25. The molecule has 14 N–H and O–H groups in total. The molecule has 0 spiro atoms. The van der Waals surface area contributed by atoms with Crippen LogP contribution in [-0.4, -0.2) is 125 Å². The molecule has 1 saturated heterocycles. The van der Waals surface area contributed by atoms with Crippen LogP contribution in [0.3, 0.4) is 0 Å². The van der Waals surface area contributed by atoms with Gasteiger partial charge in [0.05, 0.1) is 18.9 Å². The first kappa shape index (κ1) is 44.2. The molecule has 53 heavy (non-hydrogen) atoms. The Morgan fingerprint density at radius 2 is 1.60 bits per heavy atom. The number of aromatic nitrogens is 2. The monoisotopic (exact) mass is 765 g/mol. The molecule has 1 aliphatic heterocycles. The van der Waals surface area contributed by atoms with Crippen molar-refractivity contribution in [1.82, 2.24) is 47.2 Å². The van der Waals surface area contributed by atoms with Gasteiger partial charge in [0, 0.05) is 30.6 Å². The van der Waals surface area contributed by atoms with Gasteiger partial charge in [0.1, 0.15) is 30.2 Å². The maximum Gasteiger partial charge on any atom is 0.244 e. The highest BCUT2D eigenvalue weighted by Gasteiger charge is 2.31. The number of hydrogen-bond acceptors (Lipinski definition) is 11. The number of nitrogens with two attached hydrogens (primary N) is 3. The van der Waals surface area contributed by atoms with E-state index in [9.17, 15) is 33.6 Å². The SMILES string of the molecule is CSC[C@H](NC(=O)CNC(=O)[C@H](CC(C)C)NC(=O)[C@@H]1CCCN1)C(=O)N[C@@H](Cc1cnc[nH]1)C(=O)N[C@@H](C)C(=O)N[C@H](CCCN=C(N)N)C(N)=O. The molecule has 20 nitrogen and oxygen atoms in total. The van der Waals surface area contributed by atoms with E-state index in [4.69, 9.17) is 17.2 Å². The lowest BCUT2D eigenvalue weighted by Crippen LogP contribution is -2.59. The molecule has 21 heteroatoms. The van der Waals surface area contributed by atoms with E-state index in [0.29, 0.717) is 25.0 Å². The number of H-pyrrole nitrogens is 1. The van der Waals surface area contributed by atoms with Crippen molar-refractivity contribution in [1.29, 1.82) is 0 Å². The Kier molecular flexibility index (Phi) is 19.1. The summed E-state index contributed by atoms with van der Waals surface area (Å²) in [6.07, 6.45) is 6.92. The molecule has 2 rings (SSSR count). The van der Waals surface area contributed by atoms with Crippen LogP contribution < -0.4 is 54.4 Å². The van der Waals surface area contributed by atoms with Crippen molar-refractivity contribution in [3.63, 3.8) is 0 Å². The Labute approximate surface area is 312 Å². The lowest BCUT2D eigenvalue weighted by molar-refractivity contribution is -0.134. The number of rotatable bonds is 23. The lowest BCUT2D eigenvalue weighted by atomic mass is 10.0. The van der Waals surface area contributed by atoms with Gasteiger partial charge in [-0.15, -0.1) is 0 Å². The molecule has 1 aromatic heterocycles. The van der Waals surface area contributed by atoms with Crippen LogP contribution in [0.25, 0.3) is 0 Å². The molecule has 2 heterocycles. The summed E-state index contributed by atoms with van der Waals surface area (Å²) in [5.74, 6) is -4.30. The van der Waals surface area contributed by atoms with E-state index < -0.39 is 72.2 Å². The number of nitrogens with one attached hydrogen (secondary N) is 8. The predicted molar refractivity (Wildman–Crippen MR) is 199 cm³/mol. The van der Waals surface area contributed by atoms with Crippen molar-refractivity contribution < 1.29 is 33.6 Å². The number of nitrogens with zero attached hydrogens (tertiary/aromatic N) is 2. The van der Waals surface area contributed by atoms with Crippen LogP contribution in [0.5, 0.6) is 0 Å². The number of imidazole rings is 1. The van der Waals surface area contributed by atoms with Gasteiger partial charge in [0.2, 0.25) is 41.4 Å². The fourth-order valence-electron chi connectivity index (χ4n) is 5.33. The van der Waals surface area contributed by atoms with Crippen LogP contribution in [0.4, 0.5) is 0 Å². The van der Waals surface area contributed by atoms with E-state index >= 15 is 0 Å². The van der Waals surface area contributed by atoms with Gasteiger partial charge < -0.3 is 59.4 Å². The van der Waals surface area contributed by atoms with Crippen LogP contribution in [0.15, 0.2) is 17.5 Å². The number of hydrogen-bond donors (Lipinski definition) is 11. The van der Waals surface area contributed by atoms with Gasteiger partial charge in [0.15, 0.2) is 5.96 Å². The number of primary amides is 1. The van der Waals surface area contributed by atoms with Gasteiger partial charge in [-0.25, -0.2) is 4.98 Å². The molecule has 0 bridgehead atoms. The highest BCUT2D eigenvalue weighted by atomic mass is 32.2. The van der Waals surface area contributed by atoms with Crippen molar-refractivity contribution in [2.75, 3.05) is 31.6 Å². The summed E-state index contributed by atoms with van der Waals surface area (Å²) < 4.78 is 0. The highest BCUT2D eigenvalue weighted by molar-refractivity contribution is 7.98. The summed E-state index contributed by atoms with van der Waals surface area (Å²) in [5.41, 5.74) is 16.6. The number of carbonyl (C=O) groups is 7. The maximum absolute atomic E-state index is 13.5. The average molecular weight is 766 g/mol. The van der Waals surface area contributed by atoms with Crippen molar-refractivity contribution in [3.05, 3.63) is 18.2 Å². The Bertz CT molecular complexity index is 1420. The Hall–Kier alpha value is -4.92. The van der Waals surface area contributed by atoms with Gasteiger partial charge in [-0.3, -0.25) is 38.6 Å². The second-order valence-electron chi connectivity index (χ2n) is 13.1. The van der Waals surface area contributed by atoms with Crippen LogP contribution in [0.1, 0.15) is 58.6 Å². The van der Waals surface area contributed by atoms with E-state index in [1.165, 1.54) is 31.2 Å². The summed E-state index contributed by atoms with van der Waals surface area (Å²) in [7, 11) is 0. The zero-order valence-corrected chi connectivity index (χ0v) is 31.5. The first-order valence-corrected chi connectivity index (χ1v) is 18.8. The summed E-state index contributed by atoms with van der Waals surface area (Å²) >= 11 is 1.26. The first-order valence-electron chi connectivity index (χ1n) is 17.4. The first-order chi connectivity index (χ1) is 25.1. The summed E-state index contributed by atoms with van der Waals surface area (Å²) in [6, 6.07) is -5.76. The number of amides is 7. The fourth-order valence-corrected chi connectivity index (χ4v) is 5.90. The van der Waals surface area contributed by atoms with E-state index in [0.717, 1.165) is 13.0 Å². The molecule has 1 aromatic rings. The van der Waals surface area contributed by atoms with Crippen LogP contribution in [-0.2, 0) is 40.0 Å². The van der Waals surface area contributed by atoms with Gasteiger partial charge in [-0.05, 0) is 57.7 Å². The number of thioether (sulfide) groups is 1. The number of aromatic amines is 1. The van der Waals surface area contributed by atoms with Gasteiger partial charge in [-0.1, -0.05) is 13.8 Å². The summed E-state index contributed by atoms with van der Waals surface area (Å²) in [4.78, 5) is 101. The number of guanidine groups is 1. The summed E-state index contributed by atoms with van der Waals surface area (Å²) in [6.45, 7) is 5.69. The van der Waals surface area contributed by atoms with Crippen molar-refractivity contribution in [3.8, 4) is 0 Å². The summed E-state index contributed by atoms with van der Waals surface area (Å²) in [5, 5.41) is 18.7. The standard InChI is InChI=1S/C32H55N13O7S/c1-17(2)11-22(44-29(50)21-8-6-9-37-21)28(49)39-14-25(46)42-24(15-53-4)31(52)45-23(12-19-13-36-16-40-19)30(51)41-18(3)27(48)43-20(26(33)47)7-5-10-38-32(34)35/h13,16-18,20-24,37H,5-12,14-15H2,1-4H3,(H2,33,47)(H,36,40)(H,39,49)(H,41,51)(H,42,46)(H,43,48)(H,44,50)(H,45,52)(H4,34,35,38)/t18-,20+,21-,22-,23-,24-/m0/s1. The smallest absolute Gasteiger partial charge is 0.244 e. The topological polar surface area (TPSA) is 323 Å². The highest BCUT2D eigenvalue weighted by Crippen LogP contribution is 2.09. The van der Waals surface area contributed by atoms with Gasteiger partial charge in [-0.2, -0.15) is 11.8 Å². The molecule has 0 unspecified atom stereocenters. The molecule has 6 atom stereocenters. The van der Waals surface area contributed by atoms with E-state index in [1.807, 2.05) is 13.8 Å². The number of aliphatic imine (C=N–C) groups is 1. The normalized spacial score (nSPS) is 16.6. The third-order valence-corrected chi connectivity index (χ3v) is 8.76. The largest absolute Gasteiger partial charge is 0.370 e. The minimum absolute atomic E-state index is 0.0457. The zero-order chi connectivity index (χ0) is 39.5. The van der Waals surface area contributed by atoms with Crippen molar-refractivity contribution in [2.24, 2.45) is 28.1 Å². The Balaban J connectivity index is 2.04. The van der Waals surface area contributed by atoms with Crippen LogP contribution in [0.2, 0.25) is 0 Å². The zero-order valence-electron chi connectivity index (χ0n) is 30.7. The third-order valence-electron chi connectivity index (χ3n) is 8.09. The molecule has 296 valence electrons. The molecule has 1 aliphatic rings. The van der Waals surface area contributed by atoms with E-state index in [1.54, 1.807) is 6.26 Å². The molecule has 0 aromatic carbocycles. The molecule has 0 radical (unpaired) electrons. The van der Waals surface area contributed by atoms with Crippen LogP contribution >= 0.6 is 11.8 Å². The van der Waals surface area contributed by atoms with Gasteiger partial charge >= 0.3 is 0 Å². The minimum atomic E-state index is -1.22. The Morgan fingerprint density at radius 1 is 0.906 bits per heavy atom. The molecular formula is C32H55N13O7S. The van der Waals surface area contributed by atoms with E-state index in [-0.39, 0.29) is 49.0 Å². The minimum Gasteiger partial charge on any atom is -0.370 e. The second-order valence-corrected chi connectivity index (χ2v) is 14.0. The molecule has 1 fully saturated rings. The molecule has 0 saturated carbocycles. The van der Waals surface area contributed by atoms with Gasteiger partial charge in [0.25, 0.3) is 0 Å². The average Bonchev–Trinajstić information content (AvgIpc) is 3.82. The molecule has 0 aliphatic carbocycles.